The van der Waals surface area contributed by atoms with Crippen molar-refractivity contribution in [2.75, 3.05) is 41.9 Å². The van der Waals surface area contributed by atoms with Crippen LogP contribution in [0.1, 0.15) is 17.5 Å². The highest BCUT2D eigenvalue weighted by atomic mass is 127. The Bertz CT molecular complexity index is 846. The summed E-state index contributed by atoms with van der Waals surface area (Å²) in [4.78, 5) is 20.5. The van der Waals surface area contributed by atoms with Gasteiger partial charge in [0.2, 0.25) is 5.91 Å². The van der Waals surface area contributed by atoms with Crippen molar-refractivity contribution in [1.82, 2.24) is 15.1 Å². The summed E-state index contributed by atoms with van der Waals surface area (Å²) < 4.78 is 10.7. The topological polar surface area (TPSA) is 66.4 Å². The zero-order chi connectivity index (χ0) is 21.9. The van der Waals surface area contributed by atoms with Crippen LogP contribution in [0.2, 0.25) is 0 Å². The number of halogens is 1. The maximum absolute atomic E-state index is 12.4. The number of methoxy groups -OCH3 is 2. The summed E-state index contributed by atoms with van der Waals surface area (Å²) >= 11 is 0. The molecule has 0 spiro atoms. The normalized spacial score (nSPS) is 10.7. The fraction of sp³-hybridized carbons (Fsp3) is 0.391. The highest BCUT2D eigenvalue weighted by Gasteiger charge is 2.13. The smallest absolute Gasteiger partial charge is 0.224 e. The predicted octanol–water partition coefficient (Wildman–Crippen LogP) is 3.38. The molecule has 2 aromatic rings. The lowest BCUT2D eigenvalue weighted by molar-refractivity contribution is -0.130. The molecule has 0 aliphatic heterocycles. The van der Waals surface area contributed by atoms with Crippen molar-refractivity contribution in [1.29, 1.82) is 0 Å². The van der Waals surface area contributed by atoms with Crippen molar-refractivity contribution in [3.8, 4) is 11.5 Å². The first kappa shape index (κ1) is 26.5. The average Bonchev–Trinajstić information content (AvgIpc) is 2.77. The molecule has 2 aromatic carbocycles. The average molecular weight is 540 g/mol. The Kier molecular flexibility index (Phi) is 11.8. The molecule has 2 rings (SSSR count). The van der Waals surface area contributed by atoms with E-state index < -0.39 is 0 Å². The lowest BCUT2D eigenvalue weighted by Crippen LogP contribution is -2.40. The Morgan fingerprint density at radius 2 is 1.71 bits per heavy atom. The fourth-order valence-electron chi connectivity index (χ4n) is 3.12. The molecular formula is C23H33IN4O3. The van der Waals surface area contributed by atoms with Gasteiger partial charge in [-0.05, 0) is 17.7 Å². The number of hydrogen-bond donors (Lipinski definition) is 1. The second kappa shape index (κ2) is 13.7. The summed E-state index contributed by atoms with van der Waals surface area (Å²) in [6, 6.07) is 15.7. The first-order valence-corrected chi connectivity index (χ1v) is 9.89. The third kappa shape index (κ3) is 8.28. The second-order valence-electron chi connectivity index (χ2n) is 6.99. The Morgan fingerprint density at radius 1 is 1.00 bits per heavy atom. The van der Waals surface area contributed by atoms with E-state index in [0.29, 0.717) is 32.0 Å². The number of ether oxygens (including phenoxy) is 2. The molecule has 0 bridgehead atoms. The van der Waals surface area contributed by atoms with Gasteiger partial charge in [0.15, 0.2) is 5.96 Å². The molecule has 0 aromatic heterocycles. The quantitative estimate of drug-likeness (QED) is 0.300. The number of hydrogen-bond acceptors (Lipinski definition) is 4. The molecular weight excluding hydrogens is 507 g/mol. The largest absolute Gasteiger partial charge is 0.497 e. The van der Waals surface area contributed by atoms with Crippen LogP contribution in [0.5, 0.6) is 11.5 Å². The van der Waals surface area contributed by atoms with E-state index in [1.54, 1.807) is 26.2 Å². The SMILES string of the molecule is CN=C(NCCC(=O)N(C)Cc1ccccc1)N(C)Cc1ccc(OC)cc1OC.I. The lowest BCUT2D eigenvalue weighted by Gasteiger charge is -2.24. The van der Waals surface area contributed by atoms with Crippen LogP contribution in [0.25, 0.3) is 0 Å². The molecule has 8 heteroatoms. The number of carbonyl (C=O) groups excluding carboxylic acids is 1. The highest BCUT2D eigenvalue weighted by molar-refractivity contribution is 14.0. The summed E-state index contributed by atoms with van der Waals surface area (Å²) in [6.45, 7) is 1.72. The molecule has 0 saturated heterocycles. The number of nitrogens with one attached hydrogen (secondary N) is 1. The van der Waals surface area contributed by atoms with Gasteiger partial charge in [0.25, 0.3) is 0 Å². The number of aliphatic imine (C=N–C) groups is 1. The van der Waals surface area contributed by atoms with Gasteiger partial charge in [0, 0.05) is 58.8 Å². The maximum Gasteiger partial charge on any atom is 0.224 e. The van der Waals surface area contributed by atoms with Crippen molar-refractivity contribution >= 4 is 35.8 Å². The zero-order valence-electron chi connectivity index (χ0n) is 18.9. The van der Waals surface area contributed by atoms with Crippen molar-refractivity contribution < 1.29 is 14.3 Å². The molecule has 0 radical (unpaired) electrons. The molecule has 170 valence electrons. The van der Waals surface area contributed by atoms with Crippen LogP contribution >= 0.6 is 24.0 Å². The van der Waals surface area contributed by atoms with Gasteiger partial charge in [-0.25, -0.2) is 0 Å². The van der Waals surface area contributed by atoms with E-state index in [4.69, 9.17) is 9.47 Å². The first-order chi connectivity index (χ1) is 14.5. The Hall–Kier alpha value is -2.49. The van der Waals surface area contributed by atoms with Gasteiger partial charge in [0.1, 0.15) is 11.5 Å². The summed E-state index contributed by atoms with van der Waals surface area (Å²) in [7, 11) is 8.77. The van der Waals surface area contributed by atoms with Gasteiger partial charge in [-0.15, -0.1) is 24.0 Å². The van der Waals surface area contributed by atoms with Crippen LogP contribution in [-0.4, -0.2) is 63.6 Å². The number of amides is 1. The minimum atomic E-state index is 0. The minimum Gasteiger partial charge on any atom is -0.497 e. The van der Waals surface area contributed by atoms with Gasteiger partial charge in [-0.2, -0.15) is 0 Å². The van der Waals surface area contributed by atoms with Crippen LogP contribution in [0.3, 0.4) is 0 Å². The van der Waals surface area contributed by atoms with Crippen LogP contribution in [0, 0.1) is 0 Å². The third-order valence-corrected chi connectivity index (χ3v) is 4.79. The summed E-state index contributed by atoms with van der Waals surface area (Å²) in [5.74, 6) is 2.31. The van der Waals surface area contributed by atoms with Gasteiger partial charge < -0.3 is 24.6 Å². The number of carbonyl (C=O) groups is 1. The van der Waals surface area contributed by atoms with E-state index >= 15 is 0 Å². The molecule has 0 atom stereocenters. The molecule has 0 heterocycles. The molecule has 0 aliphatic rings. The van der Waals surface area contributed by atoms with Crippen molar-refractivity contribution in [3.63, 3.8) is 0 Å². The second-order valence-corrected chi connectivity index (χ2v) is 6.99. The van der Waals surface area contributed by atoms with Crippen LogP contribution < -0.4 is 14.8 Å². The number of guanidine groups is 1. The van der Waals surface area contributed by atoms with Crippen molar-refractivity contribution in [2.24, 2.45) is 4.99 Å². The third-order valence-electron chi connectivity index (χ3n) is 4.79. The van der Waals surface area contributed by atoms with Gasteiger partial charge >= 0.3 is 0 Å². The van der Waals surface area contributed by atoms with E-state index in [-0.39, 0.29) is 29.9 Å². The molecule has 0 fully saturated rings. The zero-order valence-corrected chi connectivity index (χ0v) is 21.3. The molecule has 31 heavy (non-hydrogen) atoms. The van der Waals surface area contributed by atoms with Crippen molar-refractivity contribution in [2.45, 2.75) is 19.5 Å². The summed E-state index contributed by atoms with van der Waals surface area (Å²) in [6.07, 6.45) is 0.391. The fourth-order valence-corrected chi connectivity index (χ4v) is 3.12. The van der Waals surface area contributed by atoms with Crippen LogP contribution in [0.4, 0.5) is 0 Å². The summed E-state index contributed by atoms with van der Waals surface area (Å²) in [5, 5.41) is 3.26. The maximum atomic E-state index is 12.4. The molecule has 0 unspecified atom stereocenters. The minimum absolute atomic E-state index is 0. The van der Waals surface area contributed by atoms with E-state index in [2.05, 4.69) is 10.3 Å². The van der Waals surface area contributed by atoms with Gasteiger partial charge in [-0.3, -0.25) is 9.79 Å². The highest BCUT2D eigenvalue weighted by Crippen LogP contribution is 2.25. The molecule has 0 saturated carbocycles. The standard InChI is InChI=1S/C23H32N4O3.HI/c1-24-23(27(3)17-19-11-12-20(29-4)15-21(19)30-5)25-14-13-22(28)26(2)16-18-9-7-6-8-10-18;/h6-12,15H,13-14,16-17H2,1-5H3,(H,24,25);1H. The molecule has 7 nitrogen and oxygen atoms in total. The van der Waals surface area contributed by atoms with E-state index in [1.165, 1.54) is 0 Å². The Balaban J connectivity index is 0.00000480. The molecule has 1 amide bonds. The molecule has 0 aliphatic carbocycles. The number of rotatable bonds is 9. The van der Waals surface area contributed by atoms with Gasteiger partial charge in [-0.1, -0.05) is 30.3 Å². The van der Waals surface area contributed by atoms with E-state index in [1.807, 2.05) is 67.5 Å². The van der Waals surface area contributed by atoms with E-state index in [9.17, 15) is 4.79 Å². The van der Waals surface area contributed by atoms with Crippen molar-refractivity contribution in [3.05, 3.63) is 59.7 Å². The predicted molar refractivity (Wildman–Crippen MR) is 135 cm³/mol. The number of nitrogens with zero attached hydrogens (tertiary/aromatic N) is 3. The Labute approximate surface area is 202 Å². The van der Waals surface area contributed by atoms with Gasteiger partial charge in [0.05, 0.1) is 14.2 Å². The Morgan fingerprint density at radius 3 is 2.32 bits per heavy atom. The first-order valence-electron chi connectivity index (χ1n) is 9.89. The van der Waals surface area contributed by atoms with Crippen LogP contribution in [0.15, 0.2) is 53.5 Å². The number of benzene rings is 2. The van der Waals surface area contributed by atoms with Crippen LogP contribution in [-0.2, 0) is 17.9 Å². The van der Waals surface area contributed by atoms with E-state index in [0.717, 1.165) is 22.6 Å². The molecule has 1 N–H and O–H groups in total. The summed E-state index contributed by atoms with van der Waals surface area (Å²) in [5.41, 5.74) is 2.13. The lowest BCUT2D eigenvalue weighted by atomic mass is 10.2. The monoisotopic (exact) mass is 540 g/mol.